The van der Waals surface area contributed by atoms with Crippen LogP contribution in [0.4, 0.5) is 0 Å². The van der Waals surface area contributed by atoms with Gasteiger partial charge in [-0.1, -0.05) is 0 Å². The smallest absolute Gasteiger partial charge is 0.368 e. The van der Waals surface area contributed by atoms with Gasteiger partial charge in [-0.25, -0.2) is 9.93 Å². The van der Waals surface area contributed by atoms with Gasteiger partial charge in [0.1, 0.15) is 6.04 Å². The minimum absolute atomic E-state index is 0.688. The summed E-state index contributed by atoms with van der Waals surface area (Å²) in [5.74, 6) is -1.23. The molecular weight excluding hydrogens is 192 g/mol. The van der Waals surface area contributed by atoms with Crippen molar-refractivity contribution in [1.29, 1.82) is 0 Å². The number of rotatable bonds is 4. The van der Waals surface area contributed by atoms with Gasteiger partial charge >= 0.3 is 16.3 Å². The first-order chi connectivity index (χ1) is 5.37. The van der Waals surface area contributed by atoms with Crippen LogP contribution in [-0.2, 0) is 24.3 Å². The van der Waals surface area contributed by atoms with E-state index in [-0.39, 0.29) is 0 Å². The molecule has 0 rings (SSSR count). The molecule has 0 bridgehead atoms. The van der Waals surface area contributed by atoms with Crippen molar-refractivity contribution in [2.75, 3.05) is 6.61 Å². The van der Waals surface area contributed by atoms with Crippen molar-refractivity contribution < 1.29 is 27.5 Å². The number of hydrogen-bond donors (Lipinski definition) is 3. The van der Waals surface area contributed by atoms with Crippen LogP contribution in [-0.4, -0.2) is 32.1 Å². The summed E-state index contributed by atoms with van der Waals surface area (Å²) in [6.07, 6.45) is 0. The molecule has 0 aliphatic heterocycles. The van der Waals surface area contributed by atoms with E-state index >= 15 is 0 Å². The molecule has 0 fully saturated rings. The Hall–Kier alpha value is -0.740. The number of nitrogens with two attached hydrogens (primary N) is 2. The predicted octanol–water partition coefficient (Wildman–Crippen LogP) is -3.02. The molecule has 0 amide bonds. The molecule has 1 unspecified atom stereocenters. The van der Waals surface area contributed by atoms with Crippen LogP contribution in [0.2, 0.25) is 0 Å². The fourth-order valence-electron chi connectivity index (χ4n) is 0.217. The van der Waals surface area contributed by atoms with Gasteiger partial charge in [-0.3, -0.25) is 4.89 Å². The summed E-state index contributed by atoms with van der Waals surface area (Å²) in [4.78, 5) is 14.1. The highest BCUT2D eigenvalue weighted by molar-refractivity contribution is 7.84. The lowest BCUT2D eigenvalue weighted by molar-refractivity contribution is -0.213. The van der Waals surface area contributed by atoms with E-state index < -0.39 is 28.9 Å². The van der Waals surface area contributed by atoms with Crippen LogP contribution in [0.5, 0.6) is 0 Å². The maximum atomic E-state index is 10.5. The van der Waals surface area contributed by atoms with Gasteiger partial charge < -0.3 is 10.8 Å². The Kier molecular flexibility index (Phi) is 4.06. The van der Waals surface area contributed by atoms with Gasteiger partial charge in [-0.2, -0.15) is 8.42 Å². The summed E-state index contributed by atoms with van der Waals surface area (Å²) in [5.41, 5.74) is 4.91. The van der Waals surface area contributed by atoms with Gasteiger partial charge in [-0.15, -0.1) is 0 Å². The van der Waals surface area contributed by atoms with Crippen molar-refractivity contribution >= 4 is 16.3 Å². The Morgan fingerprint density at radius 3 is 2.42 bits per heavy atom. The highest BCUT2D eigenvalue weighted by Crippen LogP contribution is 1.89. The third kappa shape index (κ3) is 4.98. The Labute approximate surface area is 68.2 Å². The molecule has 9 heteroatoms. The Morgan fingerprint density at radius 1 is 1.58 bits per heavy atom. The fourth-order valence-corrected chi connectivity index (χ4v) is 0.379. The Morgan fingerprint density at radius 2 is 2.08 bits per heavy atom. The summed E-state index contributed by atoms with van der Waals surface area (Å²) in [5, 5.41) is 12.6. The van der Waals surface area contributed by atoms with Crippen molar-refractivity contribution in [3.05, 3.63) is 0 Å². The van der Waals surface area contributed by atoms with Gasteiger partial charge in [0.15, 0.2) is 0 Å². The molecule has 12 heavy (non-hydrogen) atoms. The lowest BCUT2D eigenvalue weighted by atomic mass is 10.3. The van der Waals surface area contributed by atoms with Crippen LogP contribution in [0.3, 0.4) is 0 Å². The van der Waals surface area contributed by atoms with E-state index in [4.69, 9.17) is 10.8 Å². The SMILES string of the molecule is NC(CO)C(=O)OOS(N)(=O)=O. The van der Waals surface area contributed by atoms with Gasteiger partial charge in [-0.05, 0) is 4.33 Å². The van der Waals surface area contributed by atoms with Gasteiger partial charge in [0.2, 0.25) is 0 Å². The average Bonchev–Trinajstić information content (AvgIpc) is 1.97. The standard InChI is InChI=1S/C3H8N2O6S/c4-2(1-6)3(7)10-11-12(5,8)9/h2,6H,1,4H2,(H2,5,8,9). The second-order valence-electron chi connectivity index (χ2n) is 1.75. The zero-order valence-electron chi connectivity index (χ0n) is 5.84. The van der Waals surface area contributed by atoms with Crippen LogP contribution in [0.15, 0.2) is 0 Å². The molecule has 0 spiro atoms. The lowest BCUT2D eigenvalue weighted by Crippen LogP contribution is -2.36. The summed E-state index contributed by atoms with van der Waals surface area (Å²) in [6.45, 7) is -0.688. The van der Waals surface area contributed by atoms with E-state index in [2.05, 4.69) is 14.4 Å². The first kappa shape index (κ1) is 11.3. The van der Waals surface area contributed by atoms with Gasteiger partial charge in [0, 0.05) is 0 Å². The largest absolute Gasteiger partial charge is 0.394 e. The molecule has 0 aromatic rings. The molecule has 0 aromatic heterocycles. The topological polar surface area (TPSA) is 142 Å². The first-order valence-electron chi connectivity index (χ1n) is 2.66. The van der Waals surface area contributed by atoms with Crippen molar-refractivity contribution in [3.63, 3.8) is 0 Å². The van der Waals surface area contributed by atoms with Crippen LogP contribution in [0.25, 0.3) is 0 Å². The van der Waals surface area contributed by atoms with E-state index in [9.17, 15) is 13.2 Å². The predicted molar refractivity (Wildman–Crippen MR) is 35.3 cm³/mol. The molecule has 1 atom stereocenters. The van der Waals surface area contributed by atoms with Crippen LogP contribution in [0, 0.1) is 0 Å². The van der Waals surface area contributed by atoms with E-state index in [1.54, 1.807) is 0 Å². The Balaban J connectivity index is 3.88. The van der Waals surface area contributed by atoms with E-state index in [0.717, 1.165) is 0 Å². The maximum Gasteiger partial charge on any atom is 0.368 e. The van der Waals surface area contributed by atoms with Gasteiger partial charge in [0.25, 0.3) is 0 Å². The molecule has 0 aromatic carbocycles. The van der Waals surface area contributed by atoms with Crippen LogP contribution >= 0.6 is 0 Å². The maximum absolute atomic E-state index is 10.5. The number of hydrogen-bond acceptors (Lipinski definition) is 7. The zero-order chi connectivity index (χ0) is 9.78. The van der Waals surface area contributed by atoms with Crippen molar-refractivity contribution in [2.24, 2.45) is 10.9 Å². The summed E-state index contributed by atoms with van der Waals surface area (Å²) >= 11 is 0. The molecule has 5 N–H and O–H groups in total. The van der Waals surface area contributed by atoms with E-state index in [0.29, 0.717) is 0 Å². The zero-order valence-corrected chi connectivity index (χ0v) is 6.65. The van der Waals surface area contributed by atoms with E-state index in [1.165, 1.54) is 0 Å². The number of aliphatic hydroxyl groups is 1. The monoisotopic (exact) mass is 200 g/mol. The summed E-state index contributed by atoms with van der Waals surface area (Å²) < 4.78 is 23.5. The molecule has 72 valence electrons. The molecule has 0 aliphatic carbocycles. The minimum atomic E-state index is -4.34. The quantitative estimate of drug-likeness (QED) is 0.324. The van der Waals surface area contributed by atoms with Crippen LogP contribution < -0.4 is 10.9 Å². The highest BCUT2D eigenvalue weighted by Gasteiger charge is 2.17. The summed E-state index contributed by atoms with van der Waals surface area (Å²) in [7, 11) is -4.34. The third-order valence-electron chi connectivity index (χ3n) is 0.710. The van der Waals surface area contributed by atoms with Crippen molar-refractivity contribution in [1.82, 2.24) is 0 Å². The molecule has 8 nitrogen and oxygen atoms in total. The molecule has 0 heterocycles. The lowest BCUT2D eigenvalue weighted by Gasteiger charge is -2.04. The second kappa shape index (κ2) is 4.33. The van der Waals surface area contributed by atoms with Crippen molar-refractivity contribution in [2.45, 2.75) is 6.04 Å². The van der Waals surface area contributed by atoms with Crippen molar-refractivity contribution in [3.8, 4) is 0 Å². The Bertz CT molecular complexity index is 248. The average molecular weight is 200 g/mol. The molecule has 0 radical (unpaired) electrons. The fraction of sp³-hybridized carbons (Fsp3) is 0.667. The third-order valence-corrected chi connectivity index (χ3v) is 0.968. The minimum Gasteiger partial charge on any atom is -0.394 e. The normalized spacial score (nSPS) is 13.9. The highest BCUT2D eigenvalue weighted by atomic mass is 32.2. The molecule has 0 saturated heterocycles. The number of carbonyl (C=O) groups is 1. The second-order valence-corrected chi connectivity index (χ2v) is 2.87. The molecular formula is C3H8N2O6S. The molecule has 0 saturated carbocycles. The summed E-state index contributed by atoms with van der Waals surface area (Å²) in [6, 6.07) is -1.35. The number of aliphatic hydroxyl groups excluding tert-OH is 1. The number of carbonyl (C=O) groups excluding carboxylic acids is 1. The molecule has 0 aliphatic rings. The van der Waals surface area contributed by atoms with Crippen LogP contribution in [0.1, 0.15) is 0 Å². The first-order valence-corrected chi connectivity index (χ1v) is 4.13. The van der Waals surface area contributed by atoms with Gasteiger partial charge in [0.05, 0.1) is 6.61 Å². The van der Waals surface area contributed by atoms with E-state index in [1.807, 2.05) is 0 Å².